The number of rotatable bonds is 5. The van der Waals surface area contributed by atoms with Crippen molar-refractivity contribution < 1.29 is 9.84 Å². The van der Waals surface area contributed by atoms with Gasteiger partial charge in [0.25, 0.3) is 0 Å². The van der Waals surface area contributed by atoms with Gasteiger partial charge in [-0.1, -0.05) is 17.7 Å². The summed E-state index contributed by atoms with van der Waals surface area (Å²) in [5, 5.41) is 10.2. The number of anilines is 1. The van der Waals surface area contributed by atoms with E-state index in [4.69, 9.17) is 16.3 Å². The Bertz CT molecular complexity index is 647. The van der Waals surface area contributed by atoms with Gasteiger partial charge in [0.1, 0.15) is 11.3 Å². The normalized spacial score (nSPS) is 14.0. The lowest BCUT2D eigenvalue weighted by molar-refractivity contribution is 0.373. The van der Waals surface area contributed by atoms with Gasteiger partial charge in [-0.15, -0.1) is 0 Å². The SMILES string of the molecule is COc1cc(CN(c2ncncc2Cl)C2CC2)ccc1O. The summed E-state index contributed by atoms with van der Waals surface area (Å²) in [4.78, 5) is 10.4. The maximum atomic E-state index is 9.67. The summed E-state index contributed by atoms with van der Waals surface area (Å²) in [6.07, 6.45) is 5.38. The Morgan fingerprint density at radius 1 is 1.43 bits per heavy atom. The van der Waals surface area contributed by atoms with Crippen LogP contribution in [-0.4, -0.2) is 28.2 Å². The first-order valence-corrected chi connectivity index (χ1v) is 7.15. The molecule has 0 atom stereocenters. The molecule has 21 heavy (non-hydrogen) atoms. The predicted molar refractivity (Wildman–Crippen MR) is 80.9 cm³/mol. The summed E-state index contributed by atoms with van der Waals surface area (Å²) in [6, 6.07) is 5.81. The molecular formula is C15H16ClN3O2. The van der Waals surface area contributed by atoms with Gasteiger partial charge in [0, 0.05) is 12.6 Å². The van der Waals surface area contributed by atoms with Gasteiger partial charge < -0.3 is 14.7 Å². The molecule has 0 radical (unpaired) electrons. The molecule has 0 spiro atoms. The van der Waals surface area contributed by atoms with Crippen LogP contribution in [0, 0.1) is 0 Å². The highest BCUT2D eigenvalue weighted by atomic mass is 35.5. The summed E-state index contributed by atoms with van der Waals surface area (Å²) in [6.45, 7) is 0.665. The van der Waals surface area contributed by atoms with Crippen LogP contribution in [0.4, 0.5) is 5.82 Å². The third-order valence-electron chi connectivity index (χ3n) is 3.50. The van der Waals surface area contributed by atoms with Gasteiger partial charge in [-0.2, -0.15) is 0 Å². The van der Waals surface area contributed by atoms with Crippen LogP contribution in [0.1, 0.15) is 18.4 Å². The van der Waals surface area contributed by atoms with Crippen molar-refractivity contribution in [2.75, 3.05) is 12.0 Å². The zero-order chi connectivity index (χ0) is 14.8. The molecule has 1 aliphatic carbocycles. The monoisotopic (exact) mass is 305 g/mol. The number of halogens is 1. The van der Waals surface area contributed by atoms with Crippen LogP contribution < -0.4 is 9.64 Å². The molecule has 110 valence electrons. The Morgan fingerprint density at radius 3 is 2.90 bits per heavy atom. The third kappa shape index (κ3) is 3.03. The third-order valence-corrected chi connectivity index (χ3v) is 3.77. The lowest BCUT2D eigenvalue weighted by atomic mass is 10.2. The van der Waals surface area contributed by atoms with Crippen molar-refractivity contribution in [1.82, 2.24) is 9.97 Å². The topological polar surface area (TPSA) is 58.5 Å². The minimum Gasteiger partial charge on any atom is -0.504 e. The molecule has 3 rings (SSSR count). The molecule has 1 aromatic heterocycles. The average Bonchev–Trinajstić information content (AvgIpc) is 3.32. The lowest BCUT2D eigenvalue weighted by Gasteiger charge is -2.24. The smallest absolute Gasteiger partial charge is 0.160 e. The number of nitrogens with zero attached hydrogens (tertiary/aromatic N) is 3. The van der Waals surface area contributed by atoms with Crippen molar-refractivity contribution in [3.05, 3.63) is 41.3 Å². The Labute approximate surface area is 128 Å². The number of ether oxygens (including phenoxy) is 1. The van der Waals surface area contributed by atoms with Crippen LogP contribution in [0.3, 0.4) is 0 Å². The second kappa shape index (κ2) is 5.77. The summed E-state index contributed by atoms with van der Waals surface area (Å²) in [7, 11) is 1.54. The molecule has 0 saturated heterocycles. The van der Waals surface area contributed by atoms with E-state index in [1.807, 2.05) is 12.1 Å². The molecule has 1 saturated carbocycles. The number of aromatic hydroxyl groups is 1. The summed E-state index contributed by atoms with van der Waals surface area (Å²) < 4.78 is 5.15. The number of methoxy groups -OCH3 is 1. The molecular weight excluding hydrogens is 290 g/mol. The Kier molecular flexibility index (Phi) is 3.84. The van der Waals surface area contributed by atoms with Crippen molar-refractivity contribution in [2.45, 2.75) is 25.4 Å². The first-order valence-electron chi connectivity index (χ1n) is 6.77. The van der Waals surface area contributed by atoms with E-state index < -0.39 is 0 Å². The standard InChI is InChI=1S/C15H16ClN3O2/c1-21-14-6-10(2-5-13(14)20)8-19(11-3-4-11)15-12(16)7-17-9-18-15/h2,5-7,9,11,20H,3-4,8H2,1H3. The summed E-state index contributed by atoms with van der Waals surface area (Å²) >= 11 is 6.21. The molecule has 1 aliphatic rings. The van der Waals surface area contributed by atoms with Crippen LogP contribution in [0.2, 0.25) is 5.02 Å². The largest absolute Gasteiger partial charge is 0.504 e. The molecule has 1 N–H and O–H groups in total. The van der Waals surface area contributed by atoms with Gasteiger partial charge in [0.05, 0.1) is 13.3 Å². The fraction of sp³-hybridized carbons (Fsp3) is 0.333. The molecule has 1 aromatic carbocycles. The van der Waals surface area contributed by atoms with E-state index in [0.29, 0.717) is 23.4 Å². The van der Waals surface area contributed by atoms with Crippen molar-refractivity contribution in [3.8, 4) is 11.5 Å². The minimum absolute atomic E-state index is 0.138. The molecule has 0 amide bonds. The van der Waals surface area contributed by atoms with E-state index in [1.165, 1.54) is 6.33 Å². The van der Waals surface area contributed by atoms with Crippen LogP contribution in [0.15, 0.2) is 30.7 Å². The van der Waals surface area contributed by atoms with Crippen LogP contribution in [-0.2, 0) is 6.54 Å². The van der Waals surface area contributed by atoms with Crippen LogP contribution in [0.5, 0.6) is 11.5 Å². The van der Waals surface area contributed by atoms with Gasteiger partial charge in [0.15, 0.2) is 17.3 Å². The van der Waals surface area contributed by atoms with E-state index in [9.17, 15) is 5.11 Å². The number of phenolic OH excluding ortho intramolecular Hbond substituents is 1. The molecule has 0 unspecified atom stereocenters. The van der Waals surface area contributed by atoms with Crippen molar-refractivity contribution in [1.29, 1.82) is 0 Å². The highest BCUT2D eigenvalue weighted by molar-refractivity contribution is 6.32. The quantitative estimate of drug-likeness (QED) is 0.920. The second-order valence-corrected chi connectivity index (χ2v) is 5.47. The van der Waals surface area contributed by atoms with Crippen LogP contribution >= 0.6 is 11.6 Å². The van der Waals surface area contributed by atoms with E-state index in [1.54, 1.807) is 19.4 Å². The minimum atomic E-state index is 0.138. The Morgan fingerprint density at radius 2 is 2.24 bits per heavy atom. The van der Waals surface area contributed by atoms with Crippen LogP contribution in [0.25, 0.3) is 0 Å². The van der Waals surface area contributed by atoms with Crippen molar-refractivity contribution >= 4 is 17.4 Å². The Hall–Kier alpha value is -2.01. The summed E-state index contributed by atoms with van der Waals surface area (Å²) in [5.74, 6) is 1.36. The summed E-state index contributed by atoms with van der Waals surface area (Å²) in [5.41, 5.74) is 1.03. The Balaban J connectivity index is 1.88. The molecule has 2 aromatic rings. The maximum Gasteiger partial charge on any atom is 0.160 e. The van der Waals surface area contributed by atoms with E-state index in [-0.39, 0.29) is 5.75 Å². The number of benzene rings is 1. The fourth-order valence-corrected chi connectivity index (χ4v) is 2.51. The average molecular weight is 306 g/mol. The first kappa shape index (κ1) is 13.9. The van der Waals surface area contributed by atoms with E-state index in [0.717, 1.165) is 24.2 Å². The second-order valence-electron chi connectivity index (χ2n) is 5.06. The maximum absolute atomic E-state index is 9.67. The van der Waals surface area contributed by atoms with Gasteiger partial charge >= 0.3 is 0 Å². The van der Waals surface area contributed by atoms with Gasteiger partial charge in [-0.3, -0.25) is 0 Å². The predicted octanol–water partition coefficient (Wildman–Crippen LogP) is 3.01. The van der Waals surface area contributed by atoms with Gasteiger partial charge in [-0.05, 0) is 30.5 Å². The zero-order valence-electron chi connectivity index (χ0n) is 11.7. The van der Waals surface area contributed by atoms with Gasteiger partial charge in [0.2, 0.25) is 0 Å². The van der Waals surface area contributed by atoms with Crippen molar-refractivity contribution in [3.63, 3.8) is 0 Å². The van der Waals surface area contributed by atoms with Crippen molar-refractivity contribution in [2.24, 2.45) is 0 Å². The molecule has 0 aliphatic heterocycles. The molecule has 5 nitrogen and oxygen atoms in total. The zero-order valence-corrected chi connectivity index (χ0v) is 12.4. The molecule has 1 heterocycles. The van der Waals surface area contributed by atoms with E-state index >= 15 is 0 Å². The van der Waals surface area contributed by atoms with E-state index in [2.05, 4.69) is 14.9 Å². The highest BCUT2D eigenvalue weighted by Gasteiger charge is 2.31. The fourth-order valence-electron chi connectivity index (χ4n) is 2.30. The van der Waals surface area contributed by atoms with Gasteiger partial charge in [-0.25, -0.2) is 9.97 Å². The molecule has 6 heteroatoms. The highest BCUT2D eigenvalue weighted by Crippen LogP contribution is 2.36. The number of hydrogen-bond donors (Lipinski definition) is 1. The number of phenols is 1. The molecule has 1 fully saturated rings. The molecule has 0 bridgehead atoms. The first-order chi connectivity index (χ1) is 10.2. The number of hydrogen-bond acceptors (Lipinski definition) is 5. The number of aromatic nitrogens is 2. The lowest BCUT2D eigenvalue weighted by Crippen LogP contribution is -2.26.